The molecule has 1 atom stereocenters. The monoisotopic (exact) mass is 243 g/mol. The predicted molar refractivity (Wildman–Crippen MR) is 60.8 cm³/mol. The van der Waals surface area contributed by atoms with E-state index in [4.69, 9.17) is 5.11 Å². The van der Waals surface area contributed by atoms with Crippen LogP contribution in [-0.2, 0) is 4.79 Å². The fraction of sp³-hybridized carbons (Fsp3) is 0.417. The number of benzene rings is 1. The molecule has 1 aromatic rings. The minimum atomic E-state index is -0.954. The lowest BCUT2D eigenvalue weighted by Gasteiger charge is -2.17. The second kappa shape index (κ2) is 5.61. The van der Waals surface area contributed by atoms with Gasteiger partial charge in [0.2, 0.25) is 0 Å². The molecule has 1 rings (SSSR count). The molecule has 0 bridgehead atoms. The first-order valence-electron chi connectivity index (χ1n) is 5.33. The smallest absolute Gasteiger partial charge is 0.308 e. The lowest BCUT2D eigenvalue weighted by molar-refractivity contribution is -0.142. The van der Waals surface area contributed by atoms with E-state index in [1.54, 1.807) is 13.8 Å². The van der Waals surface area contributed by atoms with E-state index < -0.39 is 23.5 Å². The van der Waals surface area contributed by atoms with Gasteiger partial charge in [0.15, 0.2) is 0 Å². The molecule has 0 spiro atoms. The molecular weight excluding hydrogens is 228 g/mol. The van der Waals surface area contributed by atoms with Gasteiger partial charge in [-0.25, -0.2) is 8.78 Å². The molecule has 0 saturated carbocycles. The summed E-state index contributed by atoms with van der Waals surface area (Å²) in [6.07, 6.45) is 0. The Morgan fingerprint density at radius 2 is 2.06 bits per heavy atom. The number of aliphatic carboxylic acids is 1. The minimum absolute atomic E-state index is 0.0168. The van der Waals surface area contributed by atoms with Crippen LogP contribution in [0.25, 0.3) is 0 Å². The summed E-state index contributed by atoms with van der Waals surface area (Å²) >= 11 is 0. The van der Waals surface area contributed by atoms with E-state index in [0.717, 1.165) is 18.2 Å². The second-order valence-electron chi connectivity index (χ2n) is 4.19. The summed E-state index contributed by atoms with van der Waals surface area (Å²) in [5.74, 6) is -2.84. The van der Waals surface area contributed by atoms with Gasteiger partial charge in [0.05, 0.1) is 11.6 Å². The van der Waals surface area contributed by atoms with Gasteiger partial charge in [-0.1, -0.05) is 13.8 Å². The largest absolute Gasteiger partial charge is 0.481 e. The fourth-order valence-corrected chi connectivity index (χ4v) is 1.46. The molecule has 0 aromatic heterocycles. The first-order valence-corrected chi connectivity index (χ1v) is 5.33. The summed E-state index contributed by atoms with van der Waals surface area (Å²) in [7, 11) is 0. The molecule has 94 valence electrons. The number of carboxylic acid groups (broad SMARTS) is 1. The van der Waals surface area contributed by atoms with Crippen molar-refractivity contribution in [3.05, 3.63) is 29.8 Å². The SMILES string of the molecule is CC(C)C(CNc1cc(F)ccc1F)C(=O)O. The van der Waals surface area contributed by atoms with E-state index >= 15 is 0 Å². The molecule has 1 unspecified atom stereocenters. The molecule has 17 heavy (non-hydrogen) atoms. The van der Waals surface area contributed by atoms with Crippen LogP contribution in [0, 0.1) is 23.5 Å². The highest BCUT2D eigenvalue weighted by Crippen LogP contribution is 2.18. The van der Waals surface area contributed by atoms with Gasteiger partial charge < -0.3 is 10.4 Å². The van der Waals surface area contributed by atoms with Crippen LogP contribution < -0.4 is 5.32 Å². The molecule has 0 radical (unpaired) electrons. The lowest BCUT2D eigenvalue weighted by Crippen LogP contribution is -2.27. The standard InChI is InChI=1S/C12H15F2NO2/c1-7(2)9(12(16)17)6-15-11-5-8(13)3-4-10(11)14/h3-5,7,9,15H,6H2,1-2H3,(H,16,17). The Labute approximate surface area is 98.5 Å². The van der Waals surface area contributed by atoms with Crippen molar-refractivity contribution in [3.8, 4) is 0 Å². The van der Waals surface area contributed by atoms with Gasteiger partial charge in [0, 0.05) is 6.54 Å². The average Bonchev–Trinajstić information content (AvgIpc) is 2.22. The van der Waals surface area contributed by atoms with Crippen molar-refractivity contribution < 1.29 is 18.7 Å². The van der Waals surface area contributed by atoms with Crippen LogP contribution in [0.15, 0.2) is 18.2 Å². The molecule has 0 aliphatic carbocycles. The molecule has 0 fully saturated rings. The van der Waals surface area contributed by atoms with Gasteiger partial charge in [-0.3, -0.25) is 4.79 Å². The number of carbonyl (C=O) groups is 1. The zero-order valence-corrected chi connectivity index (χ0v) is 9.71. The molecule has 0 saturated heterocycles. The molecule has 0 heterocycles. The lowest BCUT2D eigenvalue weighted by atomic mass is 9.96. The summed E-state index contributed by atoms with van der Waals surface area (Å²) in [5.41, 5.74) is -0.0168. The molecule has 3 nitrogen and oxygen atoms in total. The van der Waals surface area contributed by atoms with Crippen LogP contribution >= 0.6 is 0 Å². The highest BCUT2D eigenvalue weighted by molar-refractivity contribution is 5.71. The number of hydrogen-bond acceptors (Lipinski definition) is 2. The van der Waals surface area contributed by atoms with E-state index in [2.05, 4.69) is 5.32 Å². The van der Waals surface area contributed by atoms with Crippen LogP contribution in [0.3, 0.4) is 0 Å². The number of nitrogens with one attached hydrogen (secondary N) is 1. The van der Waals surface area contributed by atoms with Crippen LogP contribution in [0.5, 0.6) is 0 Å². The van der Waals surface area contributed by atoms with Gasteiger partial charge in [-0.05, 0) is 24.1 Å². The Bertz CT molecular complexity index is 407. The number of hydrogen-bond donors (Lipinski definition) is 2. The van der Waals surface area contributed by atoms with Crippen molar-refractivity contribution in [1.82, 2.24) is 0 Å². The third kappa shape index (κ3) is 3.69. The fourth-order valence-electron chi connectivity index (χ4n) is 1.46. The second-order valence-corrected chi connectivity index (χ2v) is 4.19. The Balaban J connectivity index is 2.72. The van der Waals surface area contributed by atoms with Gasteiger partial charge in [-0.15, -0.1) is 0 Å². The maximum Gasteiger partial charge on any atom is 0.308 e. The van der Waals surface area contributed by atoms with Gasteiger partial charge in [0.25, 0.3) is 0 Å². The van der Waals surface area contributed by atoms with Gasteiger partial charge in [0.1, 0.15) is 11.6 Å². The minimum Gasteiger partial charge on any atom is -0.481 e. The average molecular weight is 243 g/mol. The number of rotatable bonds is 5. The highest BCUT2D eigenvalue weighted by Gasteiger charge is 2.21. The predicted octanol–water partition coefficient (Wildman–Crippen LogP) is 2.73. The zero-order chi connectivity index (χ0) is 13.0. The molecule has 2 N–H and O–H groups in total. The molecule has 0 aliphatic rings. The van der Waals surface area contributed by atoms with Crippen LogP contribution in [0.1, 0.15) is 13.8 Å². The van der Waals surface area contributed by atoms with Crippen LogP contribution in [-0.4, -0.2) is 17.6 Å². The van der Waals surface area contributed by atoms with Crippen molar-refractivity contribution in [2.45, 2.75) is 13.8 Å². The summed E-state index contributed by atoms with van der Waals surface area (Å²) in [5, 5.41) is 11.6. The number of halogens is 2. The van der Waals surface area contributed by atoms with Crippen molar-refractivity contribution in [1.29, 1.82) is 0 Å². The summed E-state index contributed by atoms with van der Waals surface area (Å²) in [4.78, 5) is 10.9. The summed E-state index contributed by atoms with van der Waals surface area (Å²) in [6, 6.07) is 3.02. The summed E-state index contributed by atoms with van der Waals surface area (Å²) in [6.45, 7) is 3.60. The zero-order valence-electron chi connectivity index (χ0n) is 9.71. The molecule has 5 heteroatoms. The van der Waals surface area contributed by atoms with Crippen molar-refractivity contribution in [2.75, 3.05) is 11.9 Å². The van der Waals surface area contributed by atoms with Crippen molar-refractivity contribution >= 4 is 11.7 Å². The maximum atomic E-state index is 13.2. The number of carboxylic acids is 1. The van der Waals surface area contributed by atoms with E-state index in [1.165, 1.54) is 0 Å². The third-order valence-electron chi connectivity index (χ3n) is 2.56. The molecule has 1 aromatic carbocycles. The van der Waals surface area contributed by atoms with E-state index in [0.29, 0.717) is 0 Å². The quantitative estimate of drug-likeness (QED) is 0.836. The summed E-state index contributed by atoms with van der Waals surface area (Å²) < 4.78 is 26.1. The maximum absolute atomic E-state index is 13.2. The van der Waals surface area contributed by atoms with Crippen LogP contribution in [0.4, 0.5) is 14.5 Å². The number of anilines is 1. The molecule has 0 amide bonds. The Morgan fingerprint density at radius 1 is 1.41 bits per heavy atom. The third-order valence-corrected chi connectivity index (χ3v) is 2.56. The van der Waals surface area contributed by atoms with Gasteiger partial charge in [-0.2, -0.15) is 0 Å². The Kier molecular flexibility index (Phi) is 4.43. The normalized spacial score (nSPS) is 12.5. The van der Waals surface area contributed by atoms with E-state index in [9.17, 15) is 13.6 Å². The molecular formula is C12H15F2NO2. The Morgan fingerprint density at radius 3 is 2.59 bits per heavy atom. The van der Waals surface area contributed by atoms with Crippen molar-refractivity contribution in [3.63, 3.8) is 0 Å². The van der Waals surface area contributed by atoms with E-state index in [-0.39, 0.29) is 18.2 Å². The van der Waals surface area contributed by atoms with Crippen molar-refractivity contribution in [2.24, 2.45) is 11.8 Å². The molecule has 0 aliphatic heterocycles. The Hall–Kier alpha value is -1.65. The van der Waals surface area contributed by atoms with Crippen LogP contribution in [0.2, 0.25) is 0 Å². The topological polar surface area (TPSA) is 49.3 Å². The first-order chi connectivity index (χ1) is 7.91. The van der Waals surface area contributed by atoms with E-state index in [1.807, 2.05) is 0 Å². The van der Waals surface area contributed by atoms with Gasteiger partial charge >= 0.3 is 5.97 Å². The first kappa shape index (κ1) is 13.4. The highest BCUT2D eigenvalue weighted by atomic mass is 19.1.